The zero-order valence-corrected chi connectivity index (χ0v) is 16.6. The Morgan fingerprint density at radius 2 is 1.82 bits per heavy atom. The molecule has 1 aliphatic rings. The van der Waals surface area contributed by atoms with Gasteiger partial charge in [-0.05, 0) is 74.4 Å². The molecule has 0 radical (unpaired) electrons. The molecule has 150 valence electrons. The molecule has 3 rings (SSSR count). The smallest absolute Gasteiger partial charge is 0.280 e. The van der Waals surface area contributed by atoms with Crippen LogP contribution in [0.25, 0.3) is 0 Å². The van der Waals surface area contributed by atoms with Gasteiger partial charge in [-0.2, -0.15) is 0 Å². The summed E-state index contributed by atoms with van der Waals surface area (Å²) in [5.41, 5.74) is 1.21. The predicted molar refractivity (Wildman–Crippen MR) is 107 cm³/mol. The van der Waals surface area contributed by atoms with E-state index in [1.165, 1.54) is 6.07 Å². The maximum atomic E-state index is 12.9. The van der Waals surface area contributed by atoms with E-state index in [0.717, 1.165) is 37.8 Å². The second kappa shape index (κ2) is 9.46. The van der Waals surface area contributed by atoms with E-state index >= 15 is 0 Å². The van der Waals surface area contributed by atoms with Gasteiger partial charge in [-0.1, -0.05) is 24.6 Å². The van der Waals surface area contributed by atoms with Crippen molar-refractivity contribution in [3.05, 3.63) is 64.4 Å². The van der Waals surface area contributed by atoms with E-state index < -0.39 is 6.43 Å². The Bertz CT molecular complexity index is 789. The van der Waals surface area contributed by atoms with E-state index in [2.05, 4.69) is 17.2 Å². The lowest BCUT2D eigenvalue weighted by atomic mass is 9.76. The van der Waals surface area contributed by atoms with Gasteiger partial charge in [-0.15, -0.1) is 0 Å². The van der Waals surface area contributed by atoms with Crippen LogP contribution >= 0.6 is 11.6 Å². The summed E-state index contributed by atoms with van der Waals surface area (Å²) in [6.45, 7) is 2.08. The summed E-state index contributed by atoms with van der Waals surface area (Å²) in [6, 6.07) is 11.9. The van der Waals surface area contributed by atoms with Gasteiger partial charge in [0.25, 0.3) is 12.3 Å². The van der Waals surface area contributed by atoms with E-state index in [1.807, 2.05) is 6.07 Å². The zero-order chi connectivity index (χ0) is 20.1. The molecule has 1 atom stereocenters. The molecular weight excluding hydrogens is 382 g/mol. The fourth-order valence-corrected chi connectivity index (χ4v) is 4.17. The Balaban J connectivity index is 1.58. The van der Waals surface area contributed by atoms with Gasteiger partial charge in [0, 0.05) is 28.2 Å². The molecule has 6 heteroatoms. The molecule has 0 aliphatic heterocycles. The zero-order valence-electron chi connectivity index (χ0n) is 15.9. The van der Waals surface area contributed by atoms with E-state index in [9.17, 15) is 13.6 Å². The molecule has 2 aromatic rings. The number of carbonyl (C=O) groups excluding carboxylic acids is 1. The second-order valence-electron chi connectivity index (χ2n) is 7.39. The minimum atomic E-state index is -2.54. The van der Waals surface area contributed by atoms with Crippen LogP contribution in [0.4, 0.5) is 8.78 Å². The summed E-state index contributed by atoms with van der Waals surface area (Å²) >= 11 is 5.88. The quantitative estimate of drug-likeness (QED) is 0.624. The number of halogens is 3. The lowest BCUT2D eigenvalue weighted by Gasteiger charge is -2.34. The first-order valence-electron chi connectivity index (χ1n) is 9.79. The number of nitrogens with zero attached hydrogens (tertiary/aromatic N) is 1. The van der Waals surface area contributed by atoms with Crippen LogP contribution in [0, 0.1) is 5.92 Å². The van der Waals surface area contributed by atoms with E-state index in [4.69, 9.17) is 11.6 Å². The summed E-state index contributed by atoms with van der Waals surface area (Å²) in [6.07, 6.45) is 2.02. The molecule has 1 saturated carbocycles. The van der Waals surface area contributed by atoms with Gasteiger partial charge < -0.3 is 5.32 Å². The minimum absolute atomic E-state index is 0.0862. The number of rotatable bonds is 6. The number of aromatic nitrogens is 1. The number of nitrogens with one attached hydrogen (secondary N) is 1. The monoisotopic (exact) mass is 406 g/mol. The van der Waals surface area contributed by atoms with Crippen molar-refractivity contribution in [3.8, 4) is 0 Å². The molecule has 1 aromatic carbocycles. The Hall–Kier alpha value is -2.01. The molecule has 1 aliphatic carbocycles. The summed E-state index contributed by atoms with van der Waals surface area (Å²) in [7, 11) is 0. The third-order valence-electron chi connectivity index (χ3n) is 5.64. The van der Waals surface area contributed by atoms with Gasteiger partial charge in [-0.25, -0.2) is 8.78 Å². The Kier molecular flexibility index (Phi) is 7.00. The topological polar surface area (TPSA) is 42.0 Å². The van der Waals surface area contributed by atoms with Crippen molar-refractivity contribution in [2.45, 2.75) is 57.4 Å². The van der Waals surface area contributed by atoms with Crippen LogP contribution in [0.1, 0.15) is 73.1 Å². The first kappa shape index (κ1) is 20.7. The summed E-state index contributed by atoms with van der Waals surface area (Å²) in [5.74, 6) is 0.507. The summed E-state index contributed by atoms with van der Waals surface area (Å²) in [5, 5.41) is 3.76. The Labute approximate surface area is 169 Å². The minimum Gasteiger partial charge on any atom is -0.349 e. The molecule has 1 heterocycles. The van der Waals surface area contributed by atoms with Crippen molar-refractivity contribution < 1.29 is 13.6 Å². The van der Waals surface area contributed by atoms with E-state index in [0.29, 0.717) is 16.5 Å². The van der Waals surface area contributed by atoms with Crippen molar-refractivity contribution >= 4 is 17.5 Å². The van der Waals surface area contributed by atoms with Gasteiger partial charge in [0.05, 0.1) is 0 Å². The first-order valence-corrected chi connectivity index (χ1v) is 10.2. The molecule has 1 fully saturated rings. The lowest BCUT2D eigenvalue weighted by Crippen LogP contribution is -2.41. The molecule has 28 heavy (non-hydrogen) atoms. The molecule has 3 nitrogen and oxygen atoms in total. The largest absolute Gasteiger partial charge is 0.349 e. The van der Waals surface area contributed by atoms with Gasteiger partial charge in [0.2, 0.25) is 0 Å². The maximum absolute atomic E-state index is 12.9. The standard InChI is InChI=1S/C22H25ClF2N2O/c1-2-18(27-22(28)16-10-12-17(23)13-11-16)14-6-8-15(9-7-14)19-4-3-5-20(26-19)21(24)25/h3-5,10-15,18,21H,2,6-9H2,1H3,(H,27,28)/t14-,15-,18-/m0/s1. The number of amides is 1. The van der Waals surface area contributed by atoms with Crippen LogP contribution in [0.15, 0.2) is 42.5 Å². The van der Waals surface area contributed by atoms with E-state index in [1.54, 1.807) is 30.3 Å². The van der Waals surface area contributed by atoms with Gasteiger partial charge in [-0.3, -0.25) is 9.78 Å². The lowest BCUT2D eigenvalue weighted by molar-refractivity contribution is 0.0909. The highest BCUT2D eigenvalue weighted by molar-refractivity contribution is 6.30. The maximum Gasteiger partial charge on any atom is 0.280 e. The highest BCUT2D eigenvalue weighted by Gasteiger charge is 2.29. The molecule has 0 spiro atoms. The molecule has 1 amide bonds. The van der Waals surface area contributed by atoms with Crippen molar-refractivity contribution in [1.82, 2.24) is 10.3 Å². The molecule has 1 N–H and O–H groups in total. The Morgan fingerprint density at radius 1 is 1.14 bits per heavy atom. The number of alkyl halides is 2. The average molecular weight is 407 g/mol. The summed E-state index contributed by atoms with van der Waals surface area (Å²) < 4.78 is 25.8. The number of hydrogen-bond acceptors (Lipinski definition) is 2. The fourth-order valence-electron chi connectivity index (χ4n) is 4.04. The van der Waals surface area contributed by atoms with Crippen LogP contribution < -0.4 is 5.32 Å². The van der Waals surface area contributed by atoms with Crippen LogP contribution in [-0.4, -0.2) is 16.9 Å². The molecule has 0 bridgehead atoms. The van der Waals surface area contributed by atoms with Crippen molar-refractivity contribution in [3.63, 3.8) is 0 Å². The van der Waals surface area contributed by atoms with Crippen LogP contribution in [-0.2, 0) is 0 Å². The normalized spacial score (nSPS) is 20.8. The van der Waals surface area contributed by atoms with Crippen LogP contribution in [0.5, 0.6) is 0 Å². The van der Waals surface area contributed by atoms with Gasteiger partial charge >= 0.3 is 0 Å². The molecule has 0 saturated heterocycles. The fraction of sp³-hybridized carbons (Fsp3) is 0.455. The highest BCUT2D eigenvalue weighted by Crippen LogP contribution is 2.37. The van der Waals surface area contributed by atoms with Gasteiger partial charge in [0.15, 0.2) is 0 Å². The SMILES string of the molecule is CC[C@H](NC(=O)c1ccc(Cl)cc1)[C@H]1CC[C@H](c2cccc(C(F)F)n2)CC1. The molecule has 0 unspecified atom stereocenters. The van der Waals surface area contributed by atoms with Crippen LogP contribution in [0.3, 0.4) is 0 Å². The first-order chi connectivity index (χ1) is 13.5. The number of hydrogen-bond donors (Lipinski definition) is 1. The number of benzene rings is 1. The second-order valence-corrected chi connectivity index (χ2v) is 7.83. The van der Waals surface area contributed by atoms with Gasteiger partial charge in [0.1, 0.15) is 5.69 Å². The van der Waals surface area contributed by atoms with Crippen molar-refractivity contribution in [1.29, 1.82) is 0 Å². The van der Waals surface area contributed by atoms with Crippen molar-refractivity contribution in [2.24, 2.45) is 5.92 Å². The third-order valence-corrected chi connectivity index (χ3v) is 5.89. The van der Waals surface area contributed by atoms with E-state index in [-0.39, 0.29) is 23.6 Å². The summed E-state index contributed by atoms with van der Waals surface area (Å²) in [4.78, 5) is 16.7. The van der Waals surface area contributed by atoms with Crippen molar-refractivity contribution in [2.75, 3.05) is 0 Å². The third kappa shape index (κ3) is 5.07. The molecular formula is C22H25ClF2N2O. The Morgan fingerprint density at radius 3 is 2.43 bits per heavy atom. The number of pyridine rings is 1. The average Bonchev–Trinajstić information content (AvgIpc) is 2.72. The number of carbonyl (C=O) groups is 1. The van der Waals surface area contributed by atoms with Crippen LogP contribution in [0.2, 0.25) is 5.02 Å². The molecule has 1 aromatic heterocycles. The highest BCUT2D eigenvalue weighted by atomic mass is 35.5. The predicted octanol–water partition coefficient (Wildman–Crippen LogP) is 6.16.